The molecular weight excluding hydrogens is 328 g/mol. The van der Waals surface area contributed by atoms with Gasteiger partial charge in [0.1, 0.15) is 11.8 Å². The Morgan fingerprint density at radius 3 is 2.50 bits per heavy atom. The van der Waals surface area contributed by atoms with Gasteiger partial charge in [-0.3, -0.25) is 9.59 Å². The van der Waals surface area contributed by atoms with Gasteiger partial charge in [0.2, 0.25) is 11.8 Å². The summed E-state index contributed by atoms with van der Waals surface area (Å²) in [6, 6.07) is 13.4. The van der Waals surface area contributed by atoms with E-state index in [4.69, 9.17) is 22.1 Å². The molecule has 0 aromatic heterocycles. The van der Waals surface area contributed by atoms with Crippen LogP contribution in [0.5, 0.6) is 5.75 Å². The maximum absolute atomic E-state index is 12.1. The number of hydrogen-bond acceptors (Lipinski definition) is 3. The van der Waals surface area contributed by atoms with Crippen molar-refractivity contribution in [1.82, 2.24) is 5.32 Å². The number of nitrogens with one attached hydrogen (secondary N) is 1. The van der Waals surface area contributed by atoms with Crippen molar-refractivity contribution < 1.29 is 14.3 Å². The van der Waals surface area contributed by atoms with Crippen LogP contribution in [-0.2, 0) is 16.0 Å². The molecule has 0 aliphatic heterocycles. The number of halogens is 1. The molecule has 126 valence electrons. The number of aryl methyl sites for hydroxylation is 1. The van der Waals surface area contributed by atoms with Gasteiger partial charge in [0.05, 0.1) is 12.1 Å². The SMILES string of the molecule is COc1ccc(CCC(=O)NC(C(N)=O)c2ccccc2)cc1Cl. The van der Waals surface area contributed by atoms with Gasteiger partial charge in [-0.25, -0.2) is 0 Å². The molecule has 5 nitrogen and oxygen atoms in total. The fourth-order valence-corrected chi connectivity index (χ4v) is 2.60. The van der Waals surface area contributed by atoms with Crippen LogP contribution in [-0.4, -0.2) is 18.9 Å². The molecule has 0 radical (unpaired) electrons. The van der Waals surface area contributed by atoms with Gasteiger partial charge >= 0.3 is 0 Å². The first-order valence-electron chi connectivity index (χ1n) is 7.47. The lowest BCUT2D eigenvalue weighted by Gasteiger charge is -2.16. The first-order valence-corrected chi connectivity index (χ1v) is 7.85. The molecule has 1 atom stereocenters. The van der Waals surface area contributed by atoms with Crippen LogP contribution in [0.2, 0.25) is 5.02 Å². The van der Waals surface area contributed by atoms with E-state index in [-0.39, 0.29) is 12.3 Å². The van der Waals surface area contributed by atoms with E-state index in [0.717, 1.165) is 5.56 Å². The summed E-state index contributed by atoms with van der Waals surface area (Å²) in [5.41, 5.74) is 6.96. The highest BCUT2D eigenvalue weighted by atomic mass is 35.5. The summed E-state index contributed by atoms with van der Waals surface area (Å²) in [6.07, 6.45) is 0.717. The van der Waals surface area contributed by atoms with E-state index in [9.17, 15) is 9.59 Å². The van der Waals surface area contributed by atoms with E-state index >= 15 is 0 Å². The van der Waals surface area contributed by atoms with Gasteiger partial charge in [-0.05, 0) is 29.7 Å². The van der Waals surface area contributed by atoms with Crippen LogP contribution in [0, 0.1) is 0 Å². The quantitative estimate of drug-likeness (QED) is 0.808. The summed E-state index contributed by atoms with van der Waals surface area (Å²) < 4.78 is 5.09. The van der Waals surface area contributed by atoms with Gasteiger partial charge in [0, 0.05) is 6.42 Å². The number of nitrogens with two attached hydrogens (primary N) is 1. The molecule has 6 heteroatoms. The van der Waals surface area contributed by atoms with Crippen LogP contribution >= 0.6 is 11.6 Å². The number of hydrogen-bond donors (Lipinski definition) is 2. The van der Waals surface area contributed by atoms with Gasteiger partial charge in [-0.15, -0.1) is 0 Å². The lowest BCUT2D eigenvalue weighted by molar-refractivity contribution is -0.127. The highest BCUT2D eigenvalue weighted by molar-refractivity contribution is 6.32. The Morgan fingerprint density at radius 1 is 1.21 bits per heavy atom. The number of carbonyl (C=O) groups excluding carboxylic acids is 2. The molecule has 0 saturated carbocycles. The first-order chi connectivity index (χ1) is 11.5. The summed E-state index contributed by atoms with van der Waals surface area (Å²) in [5.74, 6) is -0.264. The molecule has 0 aliphatic rings. The van der Waals surface area contributed by atoms with Crippen molar-refractivity contribution >= 4 is 23.4 Å². The normalized spacial score (nSPS) is 11.6. The first kappa shape index (κ1) is 17.8. The topological polar surface area (TPSA) is 81.4 Å². The number of ether oxygens (including phenoxy) is 1. The molecule has 0 spiro atoms. The Kier molecular flexibility index (Phi) is 6.21. The fourth-order valence-electron chi connectivity index (χ4n) is 2.32. The van der Waals surface area contributed by atoms with Gasteiger partial charge in [0.15, 0.2) is 0 Å². The molecule has 0 heterocycles. The van der Waals surface area contributed by atoms with Crippen LogP contribution in [0.4, 0.5) is 0 Å². The van der Waals surface area contributed by atoms with Crippen molar-refractivity contribution in [1.29, 1.82) is 0 Å². The third kappa shape index (κ3) is 4.73. The van der Waals surface area contributed by atoms with Crippen molar-refractivity contribution in [2.45, 2.75) is 18.9 Å². The molecule has 2 amide bonds. The third-order valence-electron chi connectivity index (χ3n) is 3.58. The molecule has 2 rings (SSSR count). The molecular formula is C18H19ClN2O3. The van der Waals surface area contributed by atoms with Crippen LogP contribution in [0.1, 0.15) is 23.6 Å². The smallest absolute Gasteiger partial charge is 0.244 e. The van der Waals surface area contributed by atoms with Crippen LogP contribution in [0.15, 0.2) is 48.5 Å². The Hall–Kier alpha value is -2.53. The van der Waals surface area contributed by atoms with Crippen LogP contribution in [0.3, 0.4) is 0 Å². The number of amides is 2. The molecule has 0 saturated heterocycles. The summed E-state index contributed by atoms with van der Waals surface area (Å²) in [7, 11) is 1.54. The van der Waals surface area contributed by atoms with Gasteiger partial charge in [0.25, 0.3) is 0 Å². The fraction of sp³-hybridized carbons (Fsp3) is 0.222. The van der Waals surface area contributed by atoms with Gasteiger partial charge < -0.3 is 15.8 Å². The van der Waals surface area contributed by atoms with Crippen molar-refractivity contribution in [3.05, 3.63) is 64.7 Å². The monoisotopic (exact) mass is 346 g/mol. The zero-order valence-corrected chi connectivity index (χ0v) is 14.0. The van der Waals surface area contributed by atoms with E-state index in [1.54, 1.807) is 43.5 Å². The Morgan fingerprint density at radius 2 is 1.92 bits per heavy atom. The number of methoxy groups -OCH3 is 1. The molecule has 24 heavy (non-hydrogen) atoms. The largest absolute Gasteiger partial charge is 0.495 e. The Labute approximate surface area is 145 Å². The second-order valence-corrected chi connectivity index (χ2v) is 5.69. The zero-order chi connectivity index (χ0) is 17.5. The number of benzene rings is 2. The standard InChI is InChI=1S/C18H19ClN2O3/c1-24-15-9-7-12(11-14(15)19)8-10-16(22)21-17(18(20)23)13-5-3-2-4-6-13/h2-7,9,11,17H,8,10H2,1H3,(H2,20,23)(H,21,22). The van der Waals surface area contributed by atoms with Gasteiger partial charge in [-0.2, -0.15) is 0 Å². The van der Waals surface area contributed by atoms with Gasteiger partial charge in [-0.1, -0.05) is 48.0 Å². The van der Waals surface area contributed by atoms with Crippen molar-refractivity contribution in [3.63, 3.8) is 0 Å². The number of carbonyl (C=O) groups is 2. The predicted octanol–water partition coefficient (Wildman–Crippen LogP) is 2.62. The highest BCUT2D eigenvalue weighted by Gasteiger charge is 2.19. The number of rotatable bonds is 7. The second kappa shape index (κ2) is 8.36. The molecule has 3 N–H and O–H groups in total. The number of primary amides is 1. The second-order valence-electron chi connectivity index (χ2n) is 5.28. The third-order valence-corrected chi connectivity index (χ3v) is 3.88. The summed E-state index contributed by atoms with van der Waals surface area (Å²) in [4.78, 5) is 23.7. The molecule has 0 fully saturated rings. The predicted molar refractivity (Wildman–Crippen MR) is 92.8 cm³/mol. The molecule has 2 aromatic carbocycles. The molecule has 0 bridgehead atoms. The van der Waals surface area contributed by atoms with Crippen LogP contribution < -0.4 is 15.8 Å². The molecule has 2 aromatic rings. The summed E-state index contributed by atoms with van der Waals surface area (Å²) in [5, 5.41) is 3.16. The van der Waals surface area contributed by atoms with E-state index in [1.165, 1.54) is 0 Å². The molecule has 0 aliphatic carbocycles. The van der Waals surface area contributed by atoms with Crippen molar-refractivity contribution in [3.8, 4) is 5.75 Å². The minimum absolute atomic E-state index is 0.221. The van der Waals surface area contributed by atoms with Crippen LogP contribution in [0.25, 0.3) is 0 Å². The zero-order valence-electron chi connectivity index (χ0n) is 13.3. The van der Waals surface area contributed by atoms with Crippen molar-refractivity contribution in [2.24, 2.45) is 5.73 Å². The highest BCUT2D eigenvalue weighted by Crippen LogP contribution is 2.25. The van der Waals surface area contributed by atoms with E-state index in [2.05, 4.69) is 5.32 Å². The lowest BCUT2D eigenvalue weighted by Crippen LogP contribution is -2.37. The van der Waals surface area contributed by atoms with Crippen molar-refractivity contribution in [2.75, 3.05) is 7.11 Å². The maximum atomic E-state index is 12.1. The minimum Gasteiger partial charge on any atom is -0.495 e. The summed E-state index contributed by atoms with van der Waals surface area (Å²) in [6.45, 7) is 0. The minimum atomic E-state index is -0.835. The average Bonchev–Trinajstić information content (AvgIpc) is 2.58. The maximum Gasteiger partial charge on any atom is 0.244 e. The Bertz CT molecular complexity index is 719. The lowest BCUT2D eigenvalue weighted by atomic mass is 10.1. The molecule has 1 unspecified atom stereocenters. The van der Waals surface area contributed by atoms with E-state index in [1.807, 2.05) is 12.1 Å². The van der Waals surface area contributed by atoms with E-state index in [0.29, 0.717) is 22.8 Å². The Balaban J connectivity index is 1.97. The summed E-state index contributed by atoms with van der Waals surface area (Å²) >= 11 is 6.06. The average molecular weight is 347 g/mol. The van der Waals surface area contributed by atoms with E-state index < -0.39 is 11.9 Å².